The lowest BCUT2D eigenvalue weighted by molar-refractivity contribution is -0.173. The standard InChI is InChI=1S/C8H10F3N3O/c1-2-14-6(3-4-13-14)5-12-7(15)8(9,10)11/h3-4H,2,5H2,1H3,(H,12,15). The highest BCUT2D eigenvalue weighted by Gasteiger charge is 2.38. The van der Waals surface area contributed by atoms with Crippen molar-refractivity contribution in [1.82, 2.24) is 15.1 Å². The largest absolute Gasteiger partial charge is 0.471 e. The van der Waals surface area contributed by atoms with Crippen molar-refractivity contribution in [3.63, 3.8) is 0 Å². The van der Waals surface area contributed by atoms with Crippen molar-refractivity contribution in [3.05, 3.63) is 18.0 Å². The van der Waals surface area contributed by atoms with Crippen LogP contribution in [0.1, 0.15) is 12.6 Å². The van der Waals surface area contributed by atoms with E-state index in [9.17, 15) is 18.0 Å². The van der Waals surface area contributed by atoms with E-state index in [1.807, 2.05) is 6.92 Å². The van der Waals surface area contributed by atoms with Gasteiger partial charge in [-0.25, -0.2) is 0 Å². The molecule has 0 atom stereocenters. The SMILES string of the molecule is CCn1nccc1CNC(=O)C(F)(F)F. The molecule has 15 heavy (non-hydrogen) atoms. The predicted octanol–water partition coefficient (Wildman–Crippen LogP) is 1.08. The fraction of sp³-hybridized carbons (Fsp3) is 0.500. The van der Waals surface area contributed by atoms with E-state index in [2.05, 4.69) is 5.10 Å². The average Bonchev–Trinajstić information content (AvgIpc) is 2.59. The molecule has 1 rings (SSSR count). The number of nitrogens with zero attached hydrogens (tertiary/aromatic N) is 2. The number of halogens is 3. The lowest BCUT2D eigenvalue weighted by atomic mass is 10.4. The summed E-state index contributed by atoms with van der Waals surface area (Å²) >= 11 is 0. The number of carbonyl (C=O) groups is 1. The van der Waals surface area contributed by atoms with Crippen LogP contribution in [0.5, 0.6) is 0 Å². The molecule has 0 unspecified atom stereocenters. The van der Waals surface area contributed by atoms with Gasteiger partial charge in [-0.05, 0) is 13.0 Å². The first-order chi connectivity index (χ1) is 6.95. The van der Waals surface area contributed by atoms with Crippen molar-refractivity contribution in [2.75, 3.05) is 0 Å². The van der Waals surface area contributed by atoms with E-state index >= 15 is 0 Å². The molecule has 0 aliphatic heterocycles. The molecule has 4 nitrogen and oxygen atoms in total. The quantitative estimate of drug-likeness (QED) is 0.830. The number of amides is 1. The van der Waals surface area contributed by atoms with E-state index < -0.39 is 12.1 Å². The summed E-state index contributed by atoms with van der Waals surface area (Å²) in [7, 11) is 0. The van der Waals surface area contributed by atoms with E-state index in [4.69, 9.17) is 0 Å². The average molecular weight is 221 g/mol. The number of hydrogen-bond donors (Lipinski definition) is 1. The van der Waals surface area contributed by atoms with Crippen molar-refractivity contribution in [1.29, 1.82) is 0 Å². The zero-order chi connectivity index (χ0) is 11.5. The van der Waals surface area contributed by atoms with Gasteiger partial charge < -0.3 is 5.32 Å². The van der Waals surface area contributed by atoms with Gasteiger partial charge in [0.1, 0.15) is 0 Å². The Labute approximate surface area is 84.1 Å². The van der Waals surface area contributed by atoms with Crippen LogP contribution in [0, 0.1) is 0 Å². The first kappa shape index (κ1) is 11.5. The van der Waals surface area contributed by atoms with E-state index in [-0.39, 0.29) is 6.54 Å². The van der Waals surface area contributed by atoms with Gasteiger partial charge in [-0.1, -0.05) is 0 Å². The molecule has 1 N–H and O–H groups in total. The number of hydrogen-bond acceptors (Lipinski definition) is 2. The topological polar surface area (TPSA) is 46.9 Å². The van der Waals surface area contributed by atoms with Gasteiger partial charge in [0.25, 0.3) is 0 Å². The van der Waals surface area contributed by atoms with Crippen LogP contribution in [0.15, 0.2) is 12.3 Å². The van der Waals surface area contributed by atoms with E-state index in [1.165, 1.54) is 10.9 Å². The Morgan fingerprint density at radius 2 is 2.27 bits per heavy atom. The van der Waals surface area contributed by atoms with Gasteiger partial charge in [-0.15, -0.1) is 0 Å². The first-order valence-corrected chi connectivity index (χ1v) is 4.31. The molecule has 0 aromatic carbocycles. The molecule has 7 heteroatoms. The van der Waals surface area contributed by atoms with Crippen molar-refractivity contribution >= 4 is 5.91 Å². The van der Waals surface area contributed by atoms with Gasteiger partial charge in [-0.3, -0.25) is 9.48 Å². The summed E-state index contributed by atoms with van der Waals surface area (Å²) in [6.45, 7) is 2.18. The van der Waals surface area contributed by atoms with E-state index in [1.54, 1.807) is 11.4 Å². The van der Waals surface area contributed by atoms with E-state index in [0.717, 1.165) is 0 Å². The first-order valence-electron chi connectivity index (χ1n) is 4.31. The molecule has 0 spiro atoms. The highest BCUT2D eigenvalue weighted by Crippen LogP contribution is 2.14. The minimum Gasteiger partial charge on any atom is -0.343 e. The smallest absolute Gasteiger partial charge is 0.343 e. The van der Waals surface area contributed by atoms with Gasteiger partial charge >= 0.3 is 12.1 Å². The maximum absolute atomic E-state index is 11.8. The predicted molar refractivity (Wildman–Crippen MR) is 45.8 cm³/mol. The van der Waals surface area contributed by atoms with Crippen LogP contribution in [0.25, 0.3) is 0 Å². The van der Waals surface area contributed by atoms with Crippen LogP contribution >= 0.6 is 0 Å². The fourth-order valence-corrected chi connectivity index (χ4v) is 1.07. The number of aryl methyl sites for hydroxylation is 1. The molecular formula is C8H10F3N3O. The molecule has 0 fully saturated rings. The Balaban J connectivity index is 2.54. The molecule has 0 bridgehead atoms. The molecule has 1 amide bonds. The van der Waals surface area contributed by atoms with Crippen LogP contribution in [-0.4, -0.2) is 21.9 Å². The number of alkyl halides is 3. The number of rotatable bonds is 3. The third-order valence-electron chi connectivity index (χ3n) is 1.79. The molecule has 0 aliphatic rings. The van der Waals surface area contributed by atoms with Crippen molar-refractivity contribution in [2.45, 2.75) is 26.2 Å². The lowest BCUT2D eigenvalue weighted by Gasteiger charge is -2.08. The molecule has 0 saturated heterocycles. The van der Waals surface area contributed by atoms with Crippen LogP contribution in [-0.2, 0) is 17.9 Å². The Morgan fingerprint density at radius 1 is 1.60 bits per heavy atom. The summed E-state index contributed by atoms with van der Waals surface area (Å²) < 4.78 is 37.0. The molecule has 1 heterocycles. The number of aromatic nitrogens is 2. The second-order valence-corrected chi connectivity index (χ2v) is 2.82. The Bertz CT molecular complexity index is 345. The summed E-state index contributed by atoms with van der Waals surface area (Å²) in [5.41, 5.74) is 0.537. The summed E-state index contributed by atoms with van der Waals surface area (Å²) in [6, 6.07) is 1.56. The minimum atomic E-state index is -4.84. The second kappa shape index (κ2) is 4.33. The zero-order valence-corrected chi connectivity index (χ0v) is 8.01. The molecule has 1 aromatic rings. The number of carbonyl (C=O) groups excluding carboxylic acids is 1. The van der Waals surface area contributed by atoms with Gasteiger partial charge in [0.15, 0.2) is 0 Å². The molecule has 0 aliphatic carbocycles. The summed E-state index contributed by atoms with van der Waals surface area (Å²) in [4.78, 5) is 10.5. The maximum Gasteiger partial charge on any atom is 0.471 e. The second-order valence-electron chi connectivity index (χ2n) is 2.82. The Morgan fingerprint density at radius 3 is 2.80 bits per heavy atom. The Hall–Kier alpha value is -1.53. The maximum atomic E-state index is 11.8. The van der Waals surface area contributed by atoms with Gasteiger partial charge in [0, 0.05) is 12.7 Å². The van der Waals surface area contributed by atoms with Crippen LogP contribution in [0.2, 0.25) is 0 Å². The Kier molecular flexibility index (Phi) is 3.33. The van der Waals surface area contributed by atoms with Crippen LogP contribution < -0.4 is 5.32 Å². The van der Waals surface area contributed by atoms with Gasteiger partial charge in [0.2, 0.25) is 0 Å². The third kappa shape index (κ3) is 2.97. The van der Waals surface area contributed by atoms with Crippen molar-refractivity contribution in [2.24, 2.45) is 0 Å². The monoisotopic (exact) mass is 221 g/mol. The fourth-order valence-electron chi connectivity index (χ4n) is 1.07. The molecule has 1 aromatic heterocycles. The van der Waals surface area contributed by atoms with Gasteiger partial charge in [0.05, 0.1) is 12.2 Å². The molecule has 0 saturated carbocycles. The normalized spacial score (nSPS) is 11.5. The highest BCUT2D eigenvalue weighted by molar-refractivity contribution is 5.81. The lowest BCUT2D eigenvalue weighted by Crippen LogP contribution is -2.36. The highest BCUT2D eigenvalue weighted by atomic mass is 19.4. The summed E-state index contributed by atoms with van der Waals surface area (Å²) in [6.07, 6.45) is -3.37. The van der Waals surface area contributed by atoms with E-state index in [0.29, 0.717) is 12.2 Å². The van der Waals surface area contributed by atoms with Gasteiger partial charge in [-0.2, -0.15) is 18.3 Å². The molecule has 0 radical (unpaired) electrons. The number of nitrogens with one attached hydrogen (secondary N) is 1. The molecular weight excluding hydrogens is 211 g/mol. The molecule has 84 valence electrons. The van der Waals surface area contributed by atoms with Crippen molar-refractivity contribution < 1.29 is 18.0 Å². The van der Waals surface area contributed by atoms with Crippen LogP contribution in [0.4, 0.5) is 13.2 Å². The summed E-state index contributed by atoms with van der Waals surface area (Å²) in [5, 5.41) is 5.63. The third-order valence-corrected chi connectivity index (χ3v) is 1.79. The minimum absolute atomic E-state index is 0.174. The zero-order valence-electron chi connectivity index (χ0n) is 8.01. The van der Waals surface area contributed by atoms with Crippen LogP contribution in [0.3, 0.4) is 0 Å². The van der Waals surface area contributed by atoms with Crippen molar-refractivity contribution in [3.8, 4) is 0 Å². The summed E-state index contributed by atoms with van der Waals surface area (Å²) in [5.74, 6) is -1.94.